The first kappa shape index (κ1) is 26.1. The number of aromatic amines is 1. The van der Waals surface area contributed by atoms with E-state index in [0.717, 1.165) is 4.57 Å². The molecule has 0 aliphatic heterocycles. The summed E-state index contributed by atoms with van der Waals surface area (Å²) < 4.78 is 12.4. The van der Waals surface area contributed by atoms with Crippen molar-refractivity contribution in [2.24, 2.45) is 0 Å². The smallest absolute Gasteiger partial charge is 0.329 e. The summed E-state index contributed by atoms with van der Waals surface area (Å²) in [6.45, 7) is 12.2. The molecule has 0 saturated heterocycles. The minimum absolute atomic E-state index is 0.00693. The number of H-pyrrole nitrogens is 1. The lowest BCUT2D eigenvalue weighted by molar-refractivity contribution is 0.174. The van der Waals surface area contributed by atoms with Gasteiger partial charge in [-0.2, -0.15) is 4.98 Å². The summed E-state index contributed by atoms with van der Waals surface area (Å²) >= 11 is 5.88. The quantitative estimate of drug-likeness (QED) is 0.446. The molecule has 2 heterocycles. The number of benzene rings is 1. The second-order valence-corrected chi connectivity index (χ2v) is 15.1. The number of hydrogen-bond donors (Lipinski definition) is 2. The number of rotatable bonds is 8. The van der Waals surface area contributed by atoms with Gasteiger partial charge in [-0.05, 0) is 42.8 Å². The minimum atomic E-state index is -2.05. The third kappa shape index (κ3) is 5.93. The summed E-state index contributed by atoms with van der Waals surface area (Å²) in [6, 6.07) is 6.80. The summed E-state index contributed by atoms with van der Waals surface area (Å²) in [5.41, 5.74) is 0.503. The van der Waals surface area contributed by atoms with Gasteiger partial charge in [0.1, 0.15) is 6.54 Å². The number of nitrogens with zero attached hydrogens (tertiary/aromatic N) is 3. The van der Waals surface area contributed by atoms with Crippen LogP contribution in [-0.2, 0) is 24.0 Å². The van der Waals surface area contributed by atoms with Gasteiger partial charge >= 0.3 is 5.69 Å². The average Bonchev–Trinajstić information content (AvgIpc) is 3.19. The largest absolute Gasteiger partial charge is 0.411 e. The Morgan fingerprint density at radius 1 is 1.24 bits per heavy atom. The van der Waals surface area contributed by atoms with Crippen molar-refractivity contribution in [2.75, 3.05) is 0 Å². The zero-order chi connectivity index (χ0) is 25.3. The lowest BCUT2D eigenvalue weighted by Crippen LogP contribution is -2.42. The molecular formula is C23H31ClN4O5Si. The Labute approximate surface area is 203 Å². The monoisotopic (exact) mass is 506 g/mol. The molecule has 3 rings (SSSR count). The summed E-state index contributed by atoms with van der Waals surface area (Å²) in [7, 11) is -2.05. The van der Waals surface area contributed by atoms with Crippen LogP contribution in [0.15, 0.2) is 38.4 Å². The van der Waals surface area contributed by atoms with Gasteiger partial charge in [-0.15, -0.1) is 0 Å². The number of nitrogens with one attached hydrogen (secondary N) is 1. The Hall–Kier alpha value is -2.53. The highest BCUT2D eigenvalue weighted by Gasteiger charge is 2.37. The highest BCUT2D eigenvalue weighted by atomic mass is 35.5. The molecule has 0 spiro atoms. The SMILES string of the molecule is Cc1c(CO[Si](C)(C)C(C)(C)C)[nH]c(=O)n(Cc2nc(C[C@H](O)c3ccc(Cl)cc3)no2)c1=O. The van der Waals surface area contributed by atoms with Gasteiger partial charge in [0.2, 0.25) is 5.89 Å². The standard InChI is InChI=1S/C23H31ClN4O5Si/c1-14-17(13-32-34(5,6)23(2,3)4)25-22(31)28(21(14)30)12-20-26-19(27-33-20)11-18(29)15-7-9-16(24)10-8-15/h7-10,18,29H,11-13H2,1-6H3,(H,25,31)/t18-/m0/s1. The van der Waals surface area contributed by atoms with Gasteiger partial charge in [0.05, 0.1) is 18.4 Å². The maximum absolute atomic E-state index is 12.9. The summed E-state index contributed by atoms with van der Waals surface area (Å²) in [5, 5.41) is 14.8. The van der Waals surface area contributed by atoms with Crippen LogP contribution in [0.3, 0.4) is 0 Å². The Bertz CT molecular complexity index is 1260. The van der Waals surface area contributed by atoms with E-state index in [4.69, 9.17) is 20.6 Å². The van der Waals surface area contributed by atoms with E-state index in [1.807, 2.05) is 0 Å². The fraction of sp³-hybridized carbons (Fsp3) is 0.478. The maximum atomic E-state index is 12.9. The number of halogens is 1. The van der Waals surface area contributed by atoms with Crippen molar-refractivity contribution in [3.05, 3.63) is 78.7 Å². The van der Waals surface area contributed by atoms with Gasteiger partial charge in [-0.3, -0.25) is 9.36 Å². The highest BCUT2D eigenvalue weighted by Crippen LogP contribution is 2.37. The molecule has 0 radical (unpaired) electrons. The van der Waals surface area contributed by atoms with Crippen LogP contribution >= 0.6 is 11.6 Å². The average molecular weight is 507 g/mol. The predicted octanol–water partition coefficient (Wildman–Crippen LogP) is 3.73. The lowest BCUT2D eigenvalue weighted by Gasteiger charge is -2.36. The van der Waals surface area contributed by atoms with Crippen molar-refractivity contribution in [3.8, 4) is 0 Å². The van der Waals surface area contributed by atoms with Crippen LogP contribution in [0.25, 0.3) is 0 Å². The van der Waals surface area contributed by atoms with Gasteiger partial charge in [-0.25, -0.2) is 4.79 Å². The molecule has 2 N–H and O–H groups in total. The molecule has 1 atom stereocenters. The molecule has 0 aliphatic carbocycles. The van der Waals surface area contributed by atoms with E-state index in [1.54, 1.807) is 31.2 Å². The van der Waals surface area contributed by atoms with Crippen LogP contribution < -0.4 is 11.2 Å². The third-order valence-electron chi connectivity index (χ3n) is 6.34. The highest BCUT2D eigenvalue weighted by molar-refractivity contribution is 6.74. The van der Waals surface area contributed by atoms with Gasteiger partial charge in [0.15, 0.2) is 14.1 Å². The molecule has 0 bridgehead atoms. The Morgan fingerprint density at radius 2 is 1.88 bits per heavy atom. The molecule has 184 valence electrons. The molecule has 34 heavy (non-hydrogen) atoms. The lowest BCUT2D eigenvalue weighted by atomic mass is 10.1. The Morgan fingerprint density at radius 3 is 2.50 bits per heavy atom. The van der Waals surface area contributed by atoms with Crippen molar-refractivity contribution < 1.29 is 14.1 Å². The van der Waals surface area contributed by atoms with Gasteiger partial charge in [-0.1, -0.05) is 49.7 Å². The Kier molecular flexibility index (Phi) is 7.66. The van der Waals surface area contributed by atoms with Crippen molar-refractivity contribution in [2.45, 2.75) is 71.5 Å². The van der Waals surface area contributed by atoms with Crippen LogP contribution in [0.1, 0.15) is 55.4 Å². The third-order valence-corrected chi connectivity index (χ3v) is 11.1. The zero-order valence-corrected chi connectivity index (χ0v) is 22.1. The van der Waals surface area contributed by atoms with Crippen molar-refractivity contribution in [3.63, 3.8) is 0 Å². The van der Waals surface area contributed by atoms with Crippen LogP contribution in [0.2, 0.25) is 23.2 Å². The second-order valence-electron chi connectivity index (χ2n) is 9.85. The first-order valence-corrected chi connectivity index (χ1v) is 14.3. The molecule has 2 aromatic heterocycles. The van der Waals surface area contributed by atoms with Crippen LogP contribution in [0.5, 0.6) is 0 Å². The van der Waals surface area contributed by atoms with Gasteiger partial charge < -0.3 is 19.0 Å². The van der Waals surface area contributed by atoms with E-state index in [2.05, 4.69) is 49.0 Å². The zero-order valence-electron chi connectivity index (χ0n) is 20.3. The molecule has 0 saturated carbocycles. The number of aliphatic hydroxyl groups excluding tert-OH is 1. The van der Waals surface area contributed by atoms with Crippen molar-refractivity contribution >= 4 is 19.9 Å². The molecule has 0 amide bonds. The van der Waals surface area contributed by atoms with Crippen LogP contribution in [-0.4, -0.2) is 33.1 Å². The van der Waals surface area contributed by atoms with Crippen molar-refractivity contribution in [1.29, 1.82) is 0 Å². The Balaban J connectivity index is 1.73. The summed E-state index contributed by atoms with van der Waals surface area (Å²) in [4.78, 5) is 32.5. The van der Waals surface area contributed by atoms with E-state index < -0.39 is 25.7 Å². The van der Waals surface area contributed by atoms with E-state index in [1.165, 1.54) is 0 Å². The molecule has 11 heteroatoms. The topological polar surface area (TPSA) is 123 Å². The van der Waals surface area contributed by atoms with E-state index in [9.17, 15) is 14.7 Å². The van der Waals surface area contributed by atoms with E-state index in [0.29, 0.717) is 21.8 Å². The van der Waals surface area contributed by atoms with Crippen LogP contribution in [0.4, 0.5) is 0 Å². The molecule has 0 fully saturated rings. The fourth-order valence-electron chi connectivity index (χ4n) is 3.02. The fourth-order valence-corrected chi connectivity index (χ4v) is 4.08. The normalized spacial score (nSPS) is 13.3. The first-order chi connectivity index (χ1) is 15.8. The minimum Gasteiger partial charge on any atom is -0.411 e. The molecule has 3 aromatic rings. The van der Waals surface area contributed by atoms with Crippen LogP contribution in [0, 0.1) is 6.92 Å². The molecule has 0 unspecified atom stereocenters. The number of hydrogen-bond acceptors (Lipinski definition) is 7. The number of aromatic nitrogens is 4. The van der Waals surface area contributed by atoms with Gasteiger partial charge in [0, 0.05) is 17.0 Å². The second kappa shape index (κ2) is 9.99. The molecular weight excluding hydrogens is 476 g/mol. The molecule has 9 nitrogen and oxygen atoms in total. The van der Waals surface area contributed by atoms with Gasteiger partial charge in [0.25, 0.3) is 5.56 Å². The maximum Gasteiger partial charge on any atom is 0.329 e. The molecule has 1 aromatic carbocycles. The summed E-state index contributed by atoms with van der Waals surface area (Å²) in [5.74, 6) is 0.355. The summed E-state index contributed by atoms with van der Waals surface area (Å²) in [6.07, 6.45) is -0.740. The molecule has 0 aliphatic rings. The number of aliphatic hydroxyl groups is 1. The first-order valence-electron chi connectivity index (χ1n) is 11.0. The van der Waals surface area contributed by atoms with Crippen molar-refractivity contribution in [1.82, 2.24) is 19.7 Å². The predicted molar refractivity (Wildman–Crippen MR) is 132 cm³/mol. The van der Waals surface area contributed by atoms with E-state index >= 15 is 0 Å². The van der Waals surface area contributed by atoms with E-state index in [-0.39, 0.29) is 36.3 Å².